The van der Waals surface area contributed by atoms with Crippen molar-refractivity contribution in [3.8, 4) is 5.75 Å². The molecular weight excluding hydrogens is 377 g/mol. The number of para-hydroxylation sites is 1. The van der Waals surface area contributed by atoms with Crippen LogP contribution < -0.4 is 10.1 Å². The van der Waals surface area contributed by atoms with Crippen LogP contribution in [0.5, 0.6) is 5.75 Å². The van der Waals surface area contributed by atoms with Crippen LogP contribution in [0.15, 0.2) is 24.3 Å². The molecular formula is C16H18IN3O. The number of hydrogen-bond acceptors (Lipinski definition) is 4. The normalized spacial score (nSPS) is 16.4. The van der Waals surface area contributed by atoms with E-state index in [2.05, 4.69) is 50.9 Å². The van der Waals surface area contributed by atoms with E-state index in [1.807, 2.05) is 25.1 Å². The molecule has 1 aliphatic heterocycles. The third-order valence-electron chi connectivity index (χ3n) is 3.51. The maximum Gasteiger partial charge on any atom is 0.172 e. The van der Waals surface area contributed by atoms with Gasteiger partial charge in [0, 0.05) is 13.0 Å². The molecule has 2 heterocycles. The summed E-state index contributed by atoms with van der Waals surface area (Å²) in [5.41, 5.74) is 2.23. The zero-order valence-corrected chi connectivity index (χ0v) is 14.3. The first-order valence-electron chi connectivity index (χ1n) is 7.21. The second kappa shape index (κ2) is 6.17. The smallest absolute Gasteiger partial charge is 0.172 e. The van der Waals surface area contributed by atoms with Crippen molar-refractivity contribution in [3.05, 3.63) is 44.9 Å². The van der Waals surface area contributed by atoms with E-state index in [-0.39, 0.29) is 6.10 Å². The number of nitrogens with one attached hydrogen (secondary N) is 1. The Morgan fingerprint density at radius 1 is 1.33 bits per heavy atom. The van der Waals surface area contributed by atoms with Crippen LogP contribution in [-0.2, 0) is 6.42 Å². The van der Waals surface area contributed by atoms with Crippen LogP contribution in [0.4, 0.5) is 5.82 Å². The van der Waals surface area contributed by atoms with Crippen LogP contribution >= 0.6 is 22.6 Å². The first kappa shape index (κ1) is 14.6. The largest absolute Gasteiger partial charge is 0.482 e. The van der Waals surface area contributed by atoms with Gasteiger partial charge in [0.2, 0.25) is 0 Å². The summed E-state index contributed by atoms with van der Waals surface area (Å²) in [6.07, 6.45) is 1.82. The van der Waals surface area contributed by atoms with Gasteiger partial charge in [-0.15, -0.1) is 0 Å². The van der Waals surface area contributed by atoms with Crippen molar-refractivity contribution in [1.29, 1.82) is 0 Å². The van der Waals surface area contributed by atoms with Crippen molar-refractivity contribution in [2.75, 3.05) is 11.9 Å². The molecule has 1 aromatic heterocycles. The van der Waals surface area contributed by atoms with Gasteiger partial charge in [-0.2, -0.15) is 0 Å². The number of benzene rings is 1. The molecule has 21 heavy (non-hydrogen) atoms. The Kier molecular flexibility index (Phi) is 4.28. The van der Waals surface area contributed by atoms with Crippen LogP contribution in [0.2, 0.25) is 0 Å². The Morgan fingerprint density at radius 2 is 2.14 bits per heavy atom. The summed E-state index contributed by atoms with van der Waals surface area (Å²) >= 11 is 2.30. The maximum absolute atomic E-state index is 5.99. The molecule has 0 saturated heterocycles. The topological polar surface area (TPSA) is 47.0 Å². The Bertz CT molecular complexity index is 635. The lowest BCUT2D eigenvalue weighted by Gasteiger charge is -2.14. The van der Waals surface area contributed by atoms with Gasteiger partial charge in [-0.25, -0.2) is 9.97 Å². The number of ether oxygens (including phenoxy) is 1. The molecule has 0 radical (unpaired) electrons. The van der Waals surface area contributed by atoms with Crippen molar-refractivity contribution >= 4 is 28.4 Å². The van der Waals surface area contributed by atoms with Crippen molar-refractivity contribution in [3.63, 3.8) is 0 Å². The molecule has 1 aliphatic rings. The molecule has 0 aliphatic carbocycles. The Labute approximate surface area is 138 Å². The van der Waals surface area contributed by atoms with Crippen LogP contribution in [-0.4, -0.2) is 16.5 Å². The summed E-state index contributed by atoms with van der Waals surface area (Å²) in [6, 6.07) is 8.14. The predicted octanol–water partition coefficient (Wildman–Crippen LogP) is 3.89. The van der Waals surface area contributed by atoms with Crippen LogP contribution in [0.1, 0.15) is 36.5 Å². The highest BCUT2D eigenvalue weighted by atomic mass is 127. The molecule has 2 aromatic rings. The van der Waals surface area contributed by atoms with Gasteiger partial charge in [0.25, 0.3) is 0 Å². The van der Waals surface area contributed by atoms with E-state index in [9.17, 15) is 0 Å². The number of aryl methyl sites for hydroxylation is 1. The fourth-order valence-corrected chi connectivity index (χ4v) is 2.84. The van der Waals surface area contributed by atoms with Gasteiger partial charge in [-0.05, 0) is 47.6 Å². The molecule has 0 spiro atoms. The summed E-state index contributed by atoms with van der Waals surface area (Å²) in [5.74, 6) is 2.63. The third kappa shape index (κ3) is 2.97. The molecule has 0 saturated carbocycles. The second-order valence-corrected chi connectivity index (χ2v) is 6.25. The molecule has 0 bridgehead atoms. The summed E-state index contributed by atoms with van der Waals surface area (Å²) < 4.78 is 7.08. The van der Waals surface area contributed by atoms with Crippen LogP contribution in [0, 0.1) is 10.5 Å². The molecule has 0 fully saturated rings. The number of rotatable bonds is 4. The zero-order valence-electron chi connectivity index (χ0n) is 12.2. The second-order valence-electron chi connectivity index (χ2n) is 5.17. The van der Waals surface area contributed by atoms with Gasteiger partial charge >= 0.3 is 0 Å². The average Bonchev–Trinajstić information content (AvgIpc) is 2.92. The highest BCUT2D eigenvalue weighted by Crippen LogP contribution is 2.35. The highest BCUT2D eigenvalue weighted by molar-refractivity contribution is 14.1. The maximum atomic E-state index is 5.99. The van der Waals surface area contributed by atoms with Gasteiger partial charge in [0.1, 0.15) is 11.6 Å². The minimum atomic E-state index is -0.0831. The number of halogens is 1. The number of fused-ring (bicyclic) bond motifs is 1. The van der Waals surface area contributed by atoms with Crippen molar-refractivity contribution in [2.24, 2.45) is 0 Å². The molecule has 1 N–H and O–H groups in total. The molecule has 4 nitrogen and oxygen atoms in total. The van der Waals surface area contributed by atoms with Crippen LogP contribution in [0.25, 0.3) is 0 Å². The highest BCUT2D eigenvalue weighted by Gasteiger charge is 2.27. The minimum absolute atomic E-state index is 0.0831. The van der Waals surface area contributed by atoms with Crippen molar-refractivity contribution < 1.29 is 4.74 Å². The Balaban J connectivity index is 1.88. The monoisotopic (exact) mass is 395 g/mol. The standard InChI is InChI=1S/C16H18IN3O/c1-3-8-18-16-14(17)10(2)19-15(20-16)13-9-11-6-4-5-7-12(11)21-13/h4-7,13H,3,8-9H2,1-2H3,(H,18,19,20). The third-order valence-corrected chi connectivity index (χ3v) is 4.80. The molecule has 1 unspecified atom stereocenters. The van der Waals surface area contributed by atoms with Gasteiger partial charge in [0.15, 0.2) is 11.9 Å². The van der Waals surface area contributed by atoms with E-state index in [1.165, 1.54) is 5.56 Å². The van der Waals surface area contributed by atoms with Crippen molar-refractivity contribution in [2.45, 2.75) is 32.8 Å². The molecule has 5 heteroatoms. The molecule has 1 aromatic carbocycles. The lowest BCUT2D eigenvalue weighted by molar-refractivity contribution is 0.227. The van der Waals surface area contributed by atoms with E-state index in [4.69, 9.17) is 4.74 Å². The minimum Gasteiger partial charge on any atom is -0.482 e. The van der Waals surface area contributed by atoms with Crippen LogP contribution in [0.3, 0.4) is 0 Å². The number of aromatic nitrogens is 2. The number of hydrogen-bond donors (Lipinski definition) is 1. The summed E-state index contributed by atoms with van der Waals surface area (Å²) in [7, 11) is 0. The Morgan fingerprint density at radius 3 is 2.90 bits per heavy atom. The van der Waals surface area contributed by atoms with E-state index >= 15 is 0 Å². The quantitative estimate of drug-likeness (QED) is 0.799. The number of nitrogens with zero attached hydrogens (tertiary/aromatic N) is 2. The van der Waals surface area contributed by atoms with E-state index in [0.717, 1.165) is 46.0 Å². The fraction of sp³-hybridized carbons (Fsp3) is 0.375. The van der Waals surface area contributed by atoms with Gasteiger partial charge in [0.05, 0.1) is 9.26 Å². The van der Waals surface area contributed by atoms with Crippen molar-refractivity contribution in [1.82, 2.24) is 9.97 Å². The molecule has 110 valence electrons. The number of anilines is 1. The van der Waals surface area contributed by atoms with E-state index in [0.29, 0.717) is 0 Å². The molecule has 0 amide bonds. The summed E-state index contributed by atoms with van der Waals surface area (Å²) in [4.78, 5) is 9.30. The van der Waals surface area contributed by atoms with Gasteiger partial charge < -0.3 is 10.1 Å². The molecule has 3 rings (SSSR count). The SMILES string of the molecule is CCCNc1nc(C2Cc3ccccc3O2)nc(C)c1I. The van der Waals surface area contributed by atoms with E-state index in [1.54, 1.807) is 0 Å². The lowest BCUT2D eigenvalue weighted by atomic mass is 10.1. The summed E-state index contributed by atoms with van der Waals surface area (Å²) in [5, 5.41) is 3.37. The first-order chi connectivity index (χ1) is 10.2. The predicted molar refractivity (Wildman–Crippen MR) is 91.8 cm³/mol. The van der Waals surface area contributed by atoms with Gasteiger partial charge in [-0.1, -0.05) is 25.1 Å². The lowest BCUT2D eigenvalue weighted by Crippen LogP contribution is -2.14. The fourth-order valence-electron chi connectivity index (χ4n) is 2.41. The van der Waals surface area contributed by atoms with Gasteiger partial charge in [-0.3, -0.25) is 0 Å². The average molecular weight is 395 g/mol. The summed E-state index contributed by atoms with van der Waals surface area (Å²) in [6.45, 7) is 5.08. The Hall–Kier alpha value is -1.37. The molecule has 1 atom stereocenters. The van der Waals surface area contributed by atoms with E-state index < -0.39 is 0 Å². The zero-order chi connectivity index (χ0) is 14.8. The first-order valence-corrected chi connectivity index (χ1v) is 8.29.